The zero-order valence-corrected chi connectivity index (χ0v) is 17.2. The van der Waals surface area contributed by atoms with Gasteiger partial charge in [-0.2, -0.15) is 0 Å². The summed E-state index contributed by atoms with van der Waals surface area (Å²) in [5, 5.41) is -0.0647. The van der Waals surface area contributed by atoms with Gasteiger partial charge in [0.1, 0.15) is 11.4 Å². The van der Waals surface area contributed by atoms with Crippen molar-refractivity contribution in [3.8, 4) is 0 Å². The number of hydrogen-bond acceptors (Lipinski definition) is 3. The van der Waals surface area contributed by atoms with E-state index in [1.165, 1.54) is 19.1 Å². The second-order valence-electron chi connectivity index (χ2n) is 6.81. The van der Waals surface area contributed by atoms with E-state index in [0.717, 1.165) is 17.2 Å². The van der Waals surface area contributed by atoms with Crippen molar-refractivity contribution in [3.05, 3.63) is 106 Å². The molecule has 0 bridgehead atoms. The molecule has 1 atom stereocenters. The monoisotopic (exact) mass is 425 g/mol. The summed E-state index contributed by atoms with van der Waals surface area (Å²) >= 11 is 5.93. The molecule has 0 spiro atoms. The fourth-order valence-corrected chi connectivity index (χ4v) is 3.28. The van der Waals surface area contributed by atoms with Crippen LogP contribution >= 0.6 is 11.6 Å². The highest BCUT2D eigenvalue weighted by molar-refractivity contribution is 6.33. The molecule has 30 heavy (non-hydrogen) atoms. The highest BCUT2D eigenvalue weighted by atomic mass is 35.5. The van der Waals surface area contributed by atoms with Crippen molar-refractivity contribution in [2.24, 2.45) is 0 Å². The molecule has 3 aromatic carbocycles. The van der Waals surface area contributed by atoms with Gasteiger partial charge in [-0.25, -0.2) is 9.18 Å². The topological polar surface area (TPSA) is 46.6 Å². The van der Waals surface area contributed by atoms with Gasteiger partial charge in [0.25, 0.3) is 5.91 Å². The molecule has 0 aliphatic carbocycles. The normalized spacial score (nSPS) is 11.6. The molecular weight excluding hydrogens is 405 g/mol. The molecule has 6 heteroatoms. The maximum atomic E-state index is 14.0. The Morgan fingerprint density at radius 3 is 1.93 bits per heavy atom. The molecule has 1 unspecified atom stereocenters. The summed E-state index contributed by atoms with van der Waals surface area (Å²) in [5.74, 6) is -2.15. The predicted molar refractivity (Wildman–Crippen MR) is 113 cm³/mol. The number of halogens is 2. The molecule has 1 amide bonds. The Bertz CT molecular complexity index is 950. The highest BCUT2D eigenvalue weighted by Gasteiger charge is 2.27. The Morgan fingerprint density at radius 2 is 1.43 bits per heavy atom. The van der Waals surface area contributed by atoms with Gasteiger partial charge in [0, 0.05) is 13.1 Å². The van der Waals surface area contributed by atoms with E-state index in [-0.39, 0.29) is 16.5 Å². The lowest BCUT2D eigenvalue weighted by atomic mass is 10.1. The summed E-state index contributed by atoms with van der Waals surface area (Å²) in [6.45, 7) is 2.16. The molecule has 0 aromatic heterocycles. The molecular formula is C24H21ClFNO3. The molecule has 0 fully saturated rings. The van der Waals surface area contributed by atoms with Crippen molar-refractivity contribution in [2.45, 2.75) is 26.1 Å². The van der Waals surface area contributed by atoms with Crippen LogP contribution in [-0.4, -0.2) is 22.9 Å². The van der Waals surface area contributed by atoms with Gasteiger partial charge in [0.05, 0.1) is 5.02 Å². The van der Waals surface area contributed by atoms with Gasteiger partial charge in [-0.1, -0.05) is 78.3 Å². The maximum absolute atomic E-state index is 14.0. The number of esters is 1. The zero-order chi connectivity index (χ0) is 21.5. The molecule has 0 saturated heterocycles. The number of carbonyl (C=O) groups excluding carboxylic acids is 2. The quantitative estimate of drug-likeness (QED) is 0.485. The molecule has 3 aromatic rings. The molecule has 0 heterocycles. The minimum Gasteiger partial charge on any atom is -0.449 e. The van der Waals surface area contributed by atoms with E-state index in [1.807, 2.05) is 60.7 Å². The van der Waals surface area contributed by atoms with Crippen LogP contribution in [0, 0.1) is 5.82 Å². The van der Waals surface area contributed by atoms with Crippen LogP contribution in [0.25, 0.3) is 0 Å². The molecule has 0 N–H and O–H groups in total. The summed E-state index contributed by atoms with van der Waals surface area (Å²) in [6.07, 6.45) is -1.11. The van der Waals surface area contributed by atoms with Crippen molar-refractivity contribution in [1.82, 2.24) is 4.90 Å². The SMILES string of the molecule is CC(OC(=O)c1c(F)cccc1Cl)C(=O)N(Cc1ccccc1)Cc1ccccc1. The van der Waals surface area contributed by atoms with E-state index in [0.29, 0.717) is 13.1 Å². The third kappa shape index (κ3) is 5.45. The summed E-state index contributed by atoms with van der Waals surface area (Å²) in [4.78, 5) is 27.1. The Morgan fingerprint density at radius 1 is 0.900 bits per heavy atom. The fraction of sp³-hybridized carbons (Fsp3) is 0.167. The Balaban J connectivity index is 1.78. The van der Waals surface area contributed by atoms with Gasteiger partial charge in [-0.05, 0) is 30.2 Å². The van der Waals surface area contributed by atoms with Crippen LogP contribution in [0.2, 0.25) is 5.02 Å². The largest absolute Gasteiger partial charge is 0.449 e. The Labute approximate surface area is 179 Å². The van der Waals surface area contributed by atoms with Gasteiger partial charge in [-0.3, -0.25) is 4.79 Å². The third-order valence-electron chi connectivity index (χ3n) is 4.54. The van der Waals surface area contributed by atoms with Gasteiger partial charge in [0.2, 0.25) is 0 Å². The number of hydrogen-bond donors (Lipinski definition) is 0. The number of amides is 1. The van der Waals surface area contributed by atoms with E-state index >= 15 is 0 Å². The fourth-order valence-electron chi connectivity index (χ4n) is 3.04. The van der Waals surface area contributed by atoms with Crippen molar-refractivity contribution < 1.29 is 18.7 Å². The van der Waals surface area contributed by atoms with Crippen LogP contribution in [-0.2, 0) is 22.6 Å². The first-order valence-corrected chi connectivity index (χ1v) is 9.85. The Hall–Kier alpha value is -3.18. The first-order valence-electron chi connectivity index (χ1n) is 9.47. The van der Waals surface area contributed by atoms with Crippen LogP contribution in [0.15, 0.2) is 78.9 Å². The summed E-state index contributed by atoms with van der Waals surface area (Å²) in [7, 11) is 0. The highest BCUT2D eigenvalue weighted by Crippen LogP contribution is 2.21. The van der Waals surface area contributed by atoms with Crippen molar-refractivity contribution in [1.29, 1.82) is 0 Å². The van der Waals surface area contributed by atoms with Crippen molar-refractivity contribution >= 4 is 23.5 Å². The maximum Gasteiger partial charge on any atom is 0.343 e. The van der Waals surface area contributed by atoms with E-state index in [2.05, 4.69) is 0 Å². The van der Waals surface area contributed by atoms with Crippen molar-refractivity contribution in [3.63, 3.8) is 0 Å². The lowest BCUT2D eigenvalue weighted by molar-refractivity contribution is -0.141. The van der Waals surface area contributed by atoms with E-state index in [4.69, 9.17) is 16.3 Å². The second kappa shape index (κ2) is 10.0. The lowest BCUT2D eigenvalue weighted by Gasteiger charge is -2.26. The second-order valence-corrected chi connectivity index (χ2v) is 7.22. The molecule has 0 saturated carbocycles. The van der Waals surface area contributed by atoms with Crippen LogP contribution in [0.1, 0.15) is 28.4 Å². The number of carbonyl (C=O) groups is 2. The predicted octanol–water partition coefficient (Wildman–Crippen LogP) is 5.25. The summed E-state index contributed by atoms with van der Waals surface area (Å²) < 4.78 is 19.3. The summed E-state index contributed by atoms with van der Waals surface area (Å²) in [5.41, 5.74) is 1.51. The molecule has 154 valence electrons. The minimum atomic E-state index is -1.11. The smallest absolute Gasteiger partial charge is 0.343 e. The first-order chi connectivity index (χ1) is 14.5. The minimum absolute atomic E-state index is 0.0647. The van der Waals surface area contributed by atoms with Gasteiger partial charge < -0.3 is 9.64 Å². The molecule has 0 radical (unpaired) electrons. The van der Waals surface area contributed by atoms with Crippen LogP contribution in [0.4, 0.5) is 4.39 Å². The van der Waals surface area contributed by atoms with Gasteiger partial charge >= 0.3 is 5.97 Å². The van der Waals surface area contributed by atoms with Gasteiger partial charge in [-0.15, -0.1) is 0 Å². The van der Waals surface area contributed by atoms with E-state index in [9.17, 15) is 14.0 Å². The zero-order valence-electron chi connectivity index (χ0n) is 16.4. The number of rotatable bonds is 7. The van der Waals surface area contributed by atoms with Crippen LogP contribution in [0.3, 0.4) is 0 Å². The molecule has 3 rings (SSSR count). The van der Waals surface area contributed by atoms with Crippen LogP contribution < -0.4 is 0 Å². The van der Waals surface area contributed by atoms with Gasteiger partial charge in [0.15, 0.2) is 6.10 Å². The summed E-state index contributed by atoms with van der Waals surface area (Å²) in [6, 6.07) is 22.9. The standard InChI is InChI=1S/C24H21ClFNO3/c1-17(30-24(29)22-20(25)13-8-14-21(22)26)23(28)27(15-18-9-4-2-5-10-18)16-19-11-6-3-7-12-19/h2-14,17H,15-16H2,1H3. The average molecular weight is 426 g/mol. The van der Waals surface area contributed by atoms with Crippen LogP contribution in [0.5, 0.6) is 0 Å². The van der Waals surface area contributed by atoms with Crippen molar-refractivity contribution in [2.75, 3.05) is 0 Å². The average Bonchev–Trinajstić information content (AvgIpc) is 2.74. The van der Waals surface area contributed by atoms with E-state index < -0.39 is 17.9 Å². The number of benzene rings is 3. The first kappa shape index (κ1) is 21.5. The number of ether oxygens (including phenoxy) is 1. The lowest BCUT2D eigenvalue weighted by Crippen LogP contribution is -2.39. The Kier molecular flexibility index (Phi) is 7.20. The third-order valence-corrected chi connectivity index (χ3v) is 4.86. The molecule has 4 nitrogen and oxygen atoms in total. The molecule has 0 aliphatic heterocycles. The molecule has 0 aliphatic rings. The number of nitrogens with zero attached hydrogens (tertiary/aromatic N) is 1. The van der Waals surface area contributed by atoms with E-state index in [1.54, 1.807) is 4.90 Å².